The average molecular weight is 209 g/mol. The summed E-state index contributed by atoms with van der Waals surface area (Å²) in [6, 6.07) is 4.97. The standard InChI is InChI=1S/C11H15NO3/c1-3-9-6-5-7-10(13)12(9)8-11(14)15-4-2/h5-7H,3-4,8H2,1-2H3. The molecule has 0 spiro atoms. The molecule has 0 atom stereocenters. The van der Waals surface area contributed by atoms with Gasteiger partial charge >= 0.3 is 5.97 Å². The quantitative estimate of drug-likeness (QED) is 0.694. The van der Waals surface area contributed by atoms with Crippen LogP contribution < -0.4 is 5.56 Å². The second kappa shape index (κ2) is 5.34. The molecule has 0 bridgehead atoms. The molecule has 4 heteroatoms. The van der Waals surface area contributed by atoms with Gasteiger partial charge in [0, 0.05) is 11.8 Å². The lowest BCUT2D eigenvalue weighted by atomic mass is 10.3. The van der Waals surface area contributed by atoms with Crippen LogP contribution in [0, 0.1) is 0 Å². The van der Waals surface area contributed by atoms with Gasteiger partial charge in [0.25, 0.3) is 5.56 Å². The molecule has 1 heterocycles. The van der Waals surface area contributed by atoms with E-state index in [9.17, 15) is 9.59 Å². The molecule has 0 aliphatic carbocycles. The van der Waals surface area contributed by atoms with Crippen LogP contribution in [-0.4, -0.2) is 17.1 Å². The predicted octanol–water partition coefficient (Wildman–Crippen LogP) is 0.974. The summed E-state index contributed by atoms with van der Waals surface area (Å²) < 4.78 is 6.24. The Morgan fingerprint density at radius 3 is 2.73 bits per heavy atom. The van der Waals surface area contributed by atoms with E-state index in [4.69, 9.17) is 4.74 Å². The van der Waals surface area contributed by atoms with Gasteiger partial charge in [-0.2, -0.15) is 0 Å². The summed E-state index contributed by atoms with van der Waals surface area (Å²) in [7, 11) is 0. The smallest absolute Gasteiger partial charge is 0.326 e. The molecule has 0 unspecified atom stereocenters. The summed E-state index contributed by atoms with van der Waals surface area (Å²) in [4.78, 5) is 22.7. The SMILES string of the molecule is CCOC(=O)Cn1c(CC)cccc1=O. The first-order valence-electron chi connectivity index (χ1n) is 5.03. The fourth-order valence-electron chi connectivity index (χ4n) is 1.39. The molecular formula is C11H15NO3. The highest BCUT2D eigenvalue weighted by atomic mass is 16.5. The van der Waals surface area contributed by atoms with Crippen LogP contribution in [0.3, 0.4) is 0 Å². The van der Waals surface area contributed by atoms with Crippen molar-refractivity contribution in [1.29, 1.82) is 0 Å². The maximum Gasteiger partial charge on any atom is 0.326 e. The molecule has 1 aromatic heterocycles. The first-order valence-corrected chi connectivity index (χ1v) is 5.03. The fourth-order valence-corrected chi connectivity index (χ4v) is 1.39. The van der Waals surface area contributed by atoms with Crippen LogP contribution in [-0.2, 0) is 22.5 Å². The molecule has 0 saturated carbocycles. The molecule has 1 aromatic rings. The number of aromatic nitrogens is 1. The Labute approximate surface area is 88.5 Å². The monoisotopic (exact) mass is 209 g/mol. The number of carbonyl (C=O) groups excluding carboxylic acids is 1. The highest BCUT2D eigenvalue weighted by molar-refractivity contribution is 5.69. The molecule has 0 aromatic carbocycles. The summed E-state index contributed by atoms with van der Waals surface area (Å²) in [5.74, 6) is -0.375. The number of nitrogens with zero attached hydrogens (tertiary/aromatic N) is 1. The zero-order valence-corrected chi connectivity index (χ0v) is 9.03. The van der Waals surface area contributed by atoms with Gasteiger partial charge in [-0.05, 0) is 19.4 Å². The van der Waals surface area contributed by atoms with E-state index >= 15 is 0 Å². The molecule has 1 rings (SSSR count). The fraction of sp³-hybridized carbons (Fsp3) is 0.455. The van der Waals surface area contributed by atoms with Crippen molar-refractivity contribution in [3.8, 4) is 0 Å². The van der Waals surface area contributed by atoms with Crippen LogP contribution in [0.4, 0.5) is 0 Å². The lowest BCUT2D eigenvalue weighted by Crippen LogP contribution is -2.27. The summed E-state index contributed by atoms with van der Waals surface area (Å²) >= 11 is 0. The predicted molar refractivity (Wildman–Crippen MR) is 56.7 cm³/mol. The topological polar surface area (TPSA) is 48.3 Å². The number of pyridine rings is 1. The van der Waals surface area contributed by atoms with Gasteiger partial charge in [-0.25, -0.2) is 0 Å². The highest BCUT2D eigenvalue weighted by Gasteiger charge is 2.07. The Bertz CT molecular complexity index is 395. The summed E-state index contributed by atoms with van der Waals surface area (Å²) in [6.45, 7) is 4.02. The molecule has 0 aliphatic heterocycles. The van der Waals surface area contributed by atoms with E-state index in [1.807, 2.05) is 13.0 Å². The van der Waals surface area contributed by atoms with E-state index in [0.29, 0.717) is 6.61 Å². The Morgan fingerprint density at radius 2 is 2.13 bits per heavy atom. The minimum absolute atomic E-state index is 0.00329. The Hall–Kier alpha value is -1.58. The molecule has 0 amide bonds. The van der Waals surface area contributed by atoms with Crippen molar-refractivity contribution >= 4 is 5.97 Å². The molecule has 82 valence electrons. The highest BCUT2D eigenvalue weighted by Crippen LogP contribution is 1.98. The van der Waals surface area contributed by atoms with Crippen molar-refractivity contribution < 1.29 is 9.53 Å². The third-order valence-electron chi connectivity index (χ3n) is 2.09. The zero-order chi connectivity index (χ0) is 11.3. The van der Waals surface area contributed by atoms with Gasteiger partial charge in [-0.3, -0.25) is 9.59 Å². The second-order valence-corrected chi connectivity index (χ2v) is 3.10. The summed E-state index contributed by atoms with van der Waals surface area (Å²) in [5, 5.41) is 0. The Balaban J connectivity index is 2.92. The molecule has 0 aliphatic rings. The second-order valence-electron chi connectivity index (χ2n) is 3.10. The van der Waals surface area contributed by atoms with Crippen LogP contribution in [0.1, 0.15) is 19.5 Å². The minimum atomic E-state index is -0.375. The molecule has 0 N–H and O–H groups in total. The molecule has 0 radical (unpaired) electrons. The van der Waals surface area contributed by atoms with Gasteiger partial charge in [-0.1, -0.05) is 13.0 Å². The lowest BCUT2D eigenvalue weighted by molar-refractivity contribution is -0.143. The lowest BCUT2D eigenvalue weighted by Gasteiger charge is -2.09. The summed E-state index contributed by atoms with van der Waals surface area (Å²) in [5.41, 5.74) is 0.679. The number of ether oxygens (including phenoxy) is 1. The minimum Gasteiger partial charge on any atom is -0.465 e. The molecule has 0 fully saturated rings. The van der Waals surface area contributed by atoms with Crippen LogP contribution in [0.2, 0.25) is 0 Å². The number of hydrogen-bond donors (Lipinski definition) is 0. The molecule has 15 heavy (non-hydrogen) atoms. The normalized spacial score (nSPS) is 10.0. The van der Waals surface area contributed by atoms with E-state index in [1.165, 1.54) is 10.6 Å². The maximum atomic E-state index is 11.5. The van der Waals surface area contributed by atoms with E-state index in [1.54, 1.807) is 13.0 Å². The van der Waals surface area contributed by atoms with Gasteiger partial charge < -0.3 is 9.30 Å². The van der Waals surface area contributed by atoms with Gasteiger partial charge in [0.05, 0.1) is 6.61 Å². The maximum absolute atomic E-state index is 11.5. The molecular weight excluding hydrogens is 194 g/mol. The Morgan fingerprint density at radius 1 is 1.40 bits per heavy atom. The van der Waals surface area contributed by atoms with Crippen molar-refractivity contribution in [3.63, 3.8) is 0 Å². The van der Waals surface area contributed by atoms with Gasteiger partial charge in [0.1, 0.15) is 6.54 Å². The average Bonchev–Trinajstić information content (AvgIpc) is 2.21. The van der Waals surface area contributed by atoms with E-state index in [2.05, 4.69) is 0 Å². The molecule has 4 nitrogen and oxygen atoms in total. The summed E-state index contributed by atoms with van der Waals surface area (Å²) in [6.07, 6.45) is 0.718. The van der Waals surface area contributed by atoms with Crippen LogP contribution in [0.15, 0.2) is 23.0 Å². The number of aryl methyl sites for hydroxylation is 1. The van der Waals surface area contributed by atoms with Crippen molar-refractivity contribution in [1.82, 2.24) is 4.57 Å². The van der Waals surface area contributed by atoms with Crippen molar-refractivity contribution in [2.45, 2.75) is 26.8 Å². The van der Waals surface area contributed by atoms with E-state index in [-0.39, 0.29) is 18.1 Å². The van der Waals surface area contributed by atoms with Gasteiger partial charge in [0.2, 0.25) is 0 Å². The van der Waals surface area contributed by atoms with Gasteiger partial charge in [-0.15, -0.1) is 0 Å². The first-order chi connectivity index (χ1) is 7.19. The van der Waals surface area contributed by atoms with Crippen LogP contribution >= 0.6 is 0 Å². The first kappa shape index (κ1) is 11.5. The van der Waals surface area contributed by atoms with Crippen molar-refractivity contribution in [3.05, 3.63) is 34.2 Å². The van der Waals surface area contributed by atoms with E-state index < -0.39 is 0 Å². The molecule has 0 saturated heterocycles. The van der Waals surface area contributed by atoms with Gasteiger partial charge in [0.15, 0.2) is 0 Å². The largest absolute Gasteiger partial charge is 0.465 e. The third kappa shape index (κ3) is 2.94. The number of carbonyl (C=O) groups is 1. The number of esters is 1. The van der Waals surface area contributed by atoms with E-state index in [0.717, 1.165) is 12.1 Å². The van der Waals surface area contributed by atoms with Crippen molar-refractivity contribution in [2.75, 3.05) is 6.61 Å². The number of rotatable bonds is 4. The number of hydrogen-bond acceptors (Lipinski definition) is 3. The van der Waals surface area contributed by atoms with Crippen LogP contribution in [0.5, 0.6) is 0 Å². The zero-order valence-electron chi connectivity index (χ0n) is 9.03. The third-order valence-corrected chi connectivity index (χ3v) is 2.09. The van der Waals surface area contributed by atoms with Crippen LogP contribution in [0.25, 0.3) is 0 Å². The van der Waals surface area contributed by atoms with Crippen molar-refractivity contribution in [2.24, 2.45) is 0 Å². The Kier molecular flexibility index (Phi) is 4.09.